The highest BCUT2D eigenvalue weighted by atomic mass is 32.1. The fraction of sp³-hybridized carbons (Fsp3) is 0.733. The van der Waals surface area contributed by atoms with Crippen molar-refractivity contribution in [1.29, 1.82) is 0 Å². The van der Waals surface area contributed by atoms with Gasteiger partial charge in [0, 0.05) is 17.5 Å². The minimum Gasteiger partial charge on any atom is -0.377 e. The lowest BCUT2D eigenvalue weighted by Gasteiger charge is -2.32. The fourth-order valence-electron chi connectivity index (χ4n) is 2.20. The molecule has 0 aromatic carbocycles. The molecule has 4 heteroatoms. The number of rotatable bonds is 8. The first-order chi connectivity index (χ1) is 8.97. The van der Waals surface area contributed by atoms with E-state index < -0.39 is 0 Å². The minimum atomic E-state index is 0.168. The molecule has 19 heavy (non-hydrogen) atoms. The van der Waals surface area contributed by atoms with Gasteiger partial charge in [0.05, 0.1) is 18.8 Å². The van der Waals surface area contributed by atoms with E-state index in [9.17, 15) is 0 Å². The van der Waals surface area contributed by atoms with Crippen LogP contribution >= 0.6 is 11.3 Å². The Kier molecular flexibility index (Phi) is 7.00. The largest absolute Gasteiger partial charge is 0.377 e. The molecule has 1 rings (SSSR count). The van der Waals surface area contributed by atoms with E-state index >= 15 is 0 Å². The van der Waals surface area contributed by atoms with Gasteiger partial charge in [-0.3, -0.25) is 4.90 Å². The Morgan fingerprint density at radius 2 is 2.11 bits per heavy atom. The van der Waals surface area contributed by atoms with E-state index in [4.69, 9.17) is 10.5 Å². The lowest BCUT2D eigenvalue weighted by atomic mass is 10.0. The quantitative estimate of drug-likeness (QED) is 0.797. The van der Waals surface area contributed by atoms with Gasteiger partial charge in [-0.2, -0.15) is 0 Å². The average molecular weight is 284 g/mol. The van der Waals surface area contributed by atoms with Gasteiger partial charge in [0.15, 0.2) is 0 Å². The third-order valence-corrected chi connectivity index (χ3v) is 4.51. The standard InChI is InChI=1S/C15H28N2OS/c1-6-13(16)14(15-12(4)7-10-19-15)17(5)8-9-18-11(2)3/h7,10-11,13-14H,6,8-9,16H2,1-5H3. The van der Waals surface area contributed by atoms with Gasteiger partial charge in [-0.1, -0.05) is 6.92 Å². The molecule has 0 aliphatic rings. The molecule has 0 saturated carbocycles. The molecule has 1 aromatic rings. The number of ether oxygens (including phenoxy) is 1. The predicted octanol–water partition coefficient (Wildman–Crippen LogP) is 3.19. The minimum absolute atomic E-state index is 0.168. The molecule has 2 N–H and O–H groups in total. The van der Waals surface area contributed by atoms with Crippen LogP contribution in [0.25, 0.3) is 0 Å². The second-order valence-corrected chi connectivity index (χ2v) is 6.33. The zero-order valence-electron chi connectivity index (χ0n) is 12.8. The third kappa shape index (κ3) is 4.88. The average Bonchev–Trinajstić information content (AvgIpc) is 2.75. The van der Waals surface area contributed by atoms with Crippen molar-refractivity contribution in [1.82, 2.24) is 4.90 Å². The molecule has 0 aliphatic heterocycles. The van der Waals surface area contributed by atoms with Gasteiger partial charge in [-0.25, -0.2) is 0 Å². The Balaban J connectivity index is 2.72. The summed E-state index contributed by atoms with van der Waals surface area (Å²) in [6.45, 7) is 10.1. The summed E-state index contributed by atoms with van der Waals surface area (Å²) in [4.78, 5) is 3.72. The van der Waals surface area contributed by atoms with Crippen LogP contribution in [0.2, 0.25) is 0 Å². The Bertz CT molecular complexity index is 365. The van der Waals surface area contributed by atoms with Gasteiger partial charge in [0.2, 0.25) is 0 Å². The van der Waals surface area contributed by atoms with Crippen molar-refractivity contribution < 1.29 is 4.74 Å². The Hall–Kier alpha value is -0.420. The number of aryl methyl sites for hydroxylation is 1. The van der Waals surface area contributed by atoms with E-state index in [-0.39, 0.29) is 12.1 Å². The molecular weight excluding hydrogens is 256 g/mol. The number of thiophene rings is 1. The van der Waals surface area contributed by atoms with Gasteiger partial charge in [0.25, 0.3) is 0 Å². The summed E-state index contributed by atoms with van der Waals surface area (Å²) in [6.07, 6.45) is 1.27. The Labute approximate surface area is 121 Å². The van der Waals surface area contributed by atoms with Crippen LogP contribution in [0.4, 0.5) is 0 Å². The van der Waals surface area contributed by atoms with Gasteiger partial charge < -0.3 is 10.5 Å². The summed E-state index contributed by atoms with van der Waals surface area (Å²) in [5.74, 6) is 0. The number of nitrogens with two attached hydrogens (primary N) is 1. The summed E-state index contributed by atoms with van der Waals surface area (Å²) >= 11 is 1.81. The van der Waals surface area contributed by atoms with Crippen LogP contribution in [0, 0.1) is 6.92 Å². The van der Waals surface area contributed by atoms with E-state index in [1.807, 2.05) is 0 Å². The van der Waals surface area contributed by atoms with E-state index in [0.717, 1.165) is 19.6 Å². The van der Waals surface area contributed by atoms with Crippen molar-refractivity contribution in [3.63, 3.8) is 0 Å². The maximum atomic E-state index is 6.33. The van der Waals surface area contributed by atoms with Crippen LogP contribution in [-0.4, -0.2) is 37.2 Å². The highest BCUT2D eigenvalue weighted by molar-refractivity contribution is 7.10. The maximum absolute atomic E-state index is 6.33. The molecule has 0 saturated heterocycles. The summed E-state index contributed by atoms with van der Waals surface area (Å²) in [5.41, 5.74) is 7.68. The topological polar surface area (TPSA) is 38.5 Å². The lowest BCUT2D eigenvalue weighted by molar-refractivity contribution is 0.0530. The van der Waals surface area contributed by atoms with Crippen molar-refractivity contribution in [2.45, 2.75) is 52.3 Å². The van der Waals surface area contributed by atoms with E-state index in [2.05, 4.69) is 51.1 Å². The second-order valence-electron chi connectivity index (χ2n) is 5.38. The van der Waals surface area contributed by atoms with Crippen LogP contribution in [0.15, 0.2) is 11.4 Å². The number of hydrogen-bond donors (Lipinski definition) is 1. The Morgan fingerprint density at radius 3 is 2.58 bits per heavy atom. The monoisotopic (exact) mass is 284 g/mol. The molecule has 110 valence electrons. The normalized spacial score (nSPS) is 15.2. The number of nitrogens with zero attached hydrogens (tertiary/aromatic N) is 1. The molecule has 0 fully saturated rings. The summed E-state index contributed by atoms with van der Waals surface area (Å²) in [5, 5.41) is 2.15. The fourth-order valence-corrected chi connectivity index (χ4v) is 3.37. The number of likely N-dealkylation sites (N-methyl/N-ethyl adjacent to an activating group) is 1. The molecule has 0 amide bonds. The third-order valence-electron chi connectivity index (χ3n) is 3.42. The maximum Gasteiger partial charge on any atom is 0.0597 e. The Morgan fingerprint density at radius 1 is 1.42 bits per heavy atom. The van der Waals surface area contributed by atoms with Gasteiger partial charge >= 0.3 is 0 Å². The van der Waals surface area contributed by atoms with Crippen molar-refractivity contribution in [2.24, 2.45) is 5.73 Å². The highest BCUT2D eigenvalue weighted by Crippen LogP contribution is 2.30. The van der Waals surface area contributed by atoms with Gasteiger partial charge in [-0.15, -0.1) is 11.3 Å². The predicted molar refractivity (Wildman–Crippen MR) is 83.8 cm³/mol. The smallest absolute Gasteiger partial charge is 0.0597 e. The molecule has 0 bridgehead atoms. The molecule has 0 spiro atoms. The molecule has 2 unspecified atom stereocenters. The molecule has 2 atom stereocenters. The van der Waals surface area contributed by atoms with Crippen LogP contribution in [0.1, 0.15) is 43.7 Å². The van der Waals surface area contributed by atoms with Crippen molar-refractivity contribution in [2.75, 3.05) is 20.2 Å². The van der Waals surface area contributed by atoms with Crippen LogP contribution in [-0.2, 0) is 4.74 Å². The van der Waals surface area contributed by atoms with Crippen LogP contribution < -0.4 is 5.73 Å². The molecule has 3 nitrogen and oxygen atoms in total. The SMILES string of the molecule is CCC(N)C(c1sccc1C)N(C)CCOC(C)C. The highest BCUT2D eigenvalue weighted by Gasteiger charge is 2.25. The molecule has 1 aromatic heterocycles. The van der Waals surface area contributed by atoms with Gasteiger partial charge in [0.1, 0.15) is 0 Å². The zero-order chi connectivity index (χ0) is 14.4. The molecule has 1 heterocycles. The first-order valence-electron chi connectivity index (χ1n) is 7.08. The summed E-state index contributed by atoms with van der Waals surface area (Å²) in [6, 6.07) is 2.63. The first-order valence-corrected chi connectivity index (χ1v) is 7.96. The second kappa shape index (κ2) is 8.00. The van der Waals surface area contributed by atoms with E-state index in [1.54, 1.807) is 11.3 Å². The van der Waals surface area contributed by atoms with Crippen molar-refractivity contribution >= 4 is 11.3 Å². The van der Waals surface area contributed by atoms with E-state index in [1.165, 1.54) is 10.4 Å². The summed E-state index contributed by atoms with van der Waals surface area (Å²) < 4.78 is 5.64. The number of hydrogen-bond acceptors (Lipinski definition) is 4. The van der Waals surface area contributed by atoms with Crippen molar-refractivity contribution in [3.05, 3.63) is 21.9 Å². The van der Waals surface area contributed by atoms with Gasteiger partial charge in [-0.05, 0) is 51.2 Å². The lowest BCUT2D eigenvalue weighted by Crippen LogP contribution is -2.40. The zero-order valence-corrected chi connectivity index (χ0v) is 13.7. The van der Waals surface area contributed by atoms with Crippen LogP contribution in [0.3, 0.4) is 0 Å². The van der Waals surface area contributed by atoms with Crippen molar-refractivity contribution in [3.8, 4) is 0 Å². The van der Waals surface area contributed by atoms with Crippen LogP contribution in [0.5, 0.6) is 0 Å². The molecule has 0 aliphatic carbocycles. The van der Waals surface area contributed by atoms with E-state index in [0.29, 0.717) is 6.04 Å². The molecule has 0 radical (unpaired) electrons. The molecular formula is C15H28N2OS. The summed E-state index contributed by atoms with van der Waals surface area (Å²) in [7, 11) is 2.14. The first kappa shape index (κ1) is 16.6.